The monoisotopic (exact) mass is 315 g/mol. The summed E-state index contributed by atoms with van der Waals surface area (Å²) in [7, 11) is 0. The van der Waals surface area contributed by atoms with Crippen LogP contribution in [0.1, 0.15) is 30.6 Å². The zero-order chi connectivity index (χ0) is 15.1. The molecule has 1 radical (unpaired) electrons. The second-order valence-corrected chi connectivity index (χ2v) is 5.61. The molecule has 0 unspecified atom stereocenters. The second kappa shape index (κ2) is 8.12. The lowest BCUT2D eigenvalue weighted by molar-refractivity contribution is -0.119. The number of nitrogens with one attached hydrogen (secondary N) is 2. The summed E-state index contributed by atoms with van der Waals surface area (Å²) in [4.78, 5) is 23.3. The topological polar surface area (TPSA) is 58.2 Å². The summed E-state index contributed by atoms with van der Waals surface area (Å²) < 4.78 is 0. The molecule has 0 aliphatic heterocycles. The molecule has 2 N–H and O–H groups in total. The molecule has 0 aliphatic carbocycles. The highest BCUT2D eigenvalue weighted by molar-refractivity contribution is 6.35. The fraction of sp³-hybridized carbons (Fsp3) is 0.357. The van der Waals surface area contributed by atoms with E-state index in [4.69, 9.17) is 23.2 Å². The van der Waals surface area contributed by atoms with Crippen molar-refractivity contribution in [3.63, 3.8) is 0 Å². The van der Waals surface area contributed by atoms with E-state index < -0.39 is 5.91 Å². The van der Waals surface area contributed by atoms with E-state index in [1.807, 2.05) is 13.8 Å². The van der Waals surface area contributed by atoms with Crippen LogP contribution in [0, 0.1) is 12.5 Å². The zero-order valence-corrected chi connectivity index (χ0v) is 12.9. The molecule has 0 fully saturated rings. The Morgan fingerprint density at radius 3 is 2.35 bits per heavy atom. The molecule has 2 amide bonds. The van der Waals surface area contributed by atoms with Gasteiger partial charge in [0.15, 0.2) is 0 Å². The van der Waals surface area contributed by atoms with Gasteiger partial charge in [-0.3, -0.25) is 9.59 Å². The third-order valence-corrected chi connectivity index (χ3v) is 2.82. The van der Waals surface area contributed by atoms with Crippen LogP contribution in [-0.2, 0) is 4.79 Å². The summed E-state index contributed by atoms with van der Waals surface area (Å²) in [6, 6.07) is 4.52. The second-order valence-electron chi connectivity index (χ2n) is 4.74. The van der Waals surface area contributed by atoms with E-state index in [2.05, 4.69) is 10.6 Å². The summed E-state index contributed by atoms with van der Waals surface area (Å²) in [5.74, 6) is -0.195. The largest absolute Gasteiger partial charge is 0.350 e. The van der Waals surface area contributed by atoms with Crippen LogP contribution in [0.25, 0.3) is 0 Å². The van der Waals surface area contributed by atoms with Gasteiger partial charge in [0.05, 0.1) is 6.54 Å². The molecule has 4 nitrogen and oxygen atoms in total. The molecule has 0 saturated carbocycles. The number of halogens is 2. The minimum Gasteiger partial charge on any atom is -0.350 e. The molecule has 0 spiro atoms. The molecule has 1 rings (SSSR count). The molecule has 0 aromatic heterocycles. The van der Waals surface area contributed by atoms with Crippen molar-refractivity contribution in [3.05, 3.63) is 40.4 Å². The van der Waals surface area contributed by atoms with Gasteiger partial charge in [0, 0.05) is 22.2 Å². The van der Waals surface area contributed by atoms with E-state index in [9.17, 15) is 9.59 Å². The molecule has 1 aromatic rings. The first kappa shape index (κ1) is 16.8. The maximum Gasteiger partial charge on any atom is 0.251 e. The molecule has 6 heteroatoms. The van der Waals surface area contributed by atoms with Crippen LogP contribution in [-0.4, -0.2) is 18.4 Å². The first-order chi connectivity index (χ1) is 9.38. The Hall–Kier alpha value is -1.26. The van der Waals surface area contributed by atoms with Gasteiger partial charge in [-0.15, -0.1) is 0 Å². The van der Waals surface area contributed by atoms with Crippen molar-refractivity contribution in [2.45, 2.75) is 20.3 Å². The zero-order valence-electron chi connectivity index (χ0n) is 11.4. The Kier molecular flexibility index (Phi) is 6.82. The third kappa shape index (κ3) is 6.26. The highest BCUT2D eigenvalue weighted by Gasteiger charge is 2.09. The molecule has 109 valence electrons. The Morgan fingerprint density at radius 1 is 1.20 bits per heavy atom. The smallest absolute Gasteiger partial charge is 0.251 e. The summed E-state index contributed by atoms with van der Waals surface area (Å²) in [6.07, 6.45) is 0.781. The Bertz CT molecular complexity index is 470. The normalized spacial score (nSPS) is 10.4. The average molecular weight is 316 g/mol. The van der Waals surface area contributed by atoms with Gasteiger partial charge in [-0.05, 0) is 30.5 Å². The van der Waals surface area contributed by atoms with Crippen molar-refractivity contribution >= 4 is 35.0 Å². The summed E-state index contributed by atoms with van der Waals surface area (Å²) >= 11 is 11.6. The molecular formula is C14H17Cl2N2O2. The van der Waals surface area contributed by atoms with Crippen molar-refractivity contribution in [3.8, 4) is 0 Å². The van der Waals surface area contributed by atoms with Crippen LogP contribution >= 0.6 is 23.2 Å². The predicted molar refractivity (Wildman–Crippen MR) is 80.7 cm³/mol. The standard InChI is InChI=1S/C14H17Cl2N2O2/c1-9(2)3-4-17-13(19)8-18-14(20)10-5-11(15)7-12(16)6-10/h4-7,9H,3,8H2,1-2H3,(H,17,19)(H,18,20). The molecule has 0 aliphatic rings. The number of hydrogen-bond acceptors (Lipinski definition) is 2. The lowest BCUT2D eigenvalue weighted by Crippen LogP contribution is -2.36. The van der Waals surface area contributed by atoms with Gasteiger partial charge in [0.1, 0.15) is 0 Å². The molecular weight excluding hydrogens is 299 g/mol. The summed E-state index contributed by atoms with van der Waals surface area (Å²) in [5, 5.41) is 5.86. The van der Waals surface area contributed by atoms with Gasteiger partial charge in [0.25, 0.3) is 5.91 Å². The molecule has 0 heterocycles. The van der Waals surface area contributed by atoms with E-state index in [1.54, 1.807) is 6.54 Å². The highest BCUT2D eigenvalue weighted by atomic mass is 35.5. The van der Waals surface area contributed by atoms with Crippen molar-refractivity contribution < 1.29 is 9.59 Å². The number of carbonyl (C=O) groups excluding carboxylic acids is 2. The molecule has 0 atom stereocenters. The van der Waals surface area contributed by atoms with Crippen molar-refractivity contribution in [2.24, 2.45) is 5.92 Å². The fourth-order valence-corrected chi connectivity index (χ4v) is 1.93. The highest BCUT2D eigenvalue weighted by Crippen LogP contribution is 2.18. The van der Waals surface area contributed by atoms with E-state index in [1.165, 1.54) is 18.2 Å². The van der Waals surface area contributed by atoms with Gasteiger partial charge in [-0.25, -0.2) is 0 Å². The van der Waals surface area contributed by atoms with Crippen molar-refractivity contribution in [2.75, 3.05) is 6.54 Å². The SMILES string of the molecule is CC(C)C[CH]NC(=O)CNC(=O)c1cc(Cl)cc(Cl)c1. The number of amides is 2. The maximum absolute atomic E-state index is 11.8. The van der Waals surface area contributed by atoms with Gasteiger partial charge in [-0.1, -0.05) is 37.0 Å². The quantitative estimate of drug-likeness (QED) is 0.847. The van der Waals surface area contributed by atoms with E-state index in [-0.39, 0.29) is 12.5 Å². The van der Waals surface area contributed by atoms with Gasteiger partial charge >= 0.3 is 0 Å². The van der Waals surface area contributed by atoms with Crippen molar-refractivity contribution in [1.29, 1.82) is 0 Å². The average Bonchev–Trinajstić information content (AvgIpc) is 2.34. The number of carbonyl (C=O) groups is 2. The van der Waals surface area contributed by atoms with E-state index in [0.717, 1.165) is 6.42 Å². The first-order valence-corrected chi connectivity index (χ1v) is 6.99. The van der Waals surface area contributed by atoms with Gasteiger partial charge < -0.3 is 10.6 Å². The first-order valence-electron chi connectivity index (χ1n) is 6.24. The van der Waals surface area contributed by atoms with Crippen LogP contribution < -0.4 is 10.6 Å². The van der Waals surface area contributed by atoms with Crippen LogP contribution in [0.2, 0.25) is 10.0 Å². The number of rotatable bonds is 6. The van der Waals surface area contributed by atoms with E-state index >= 15 is 0 Å². The Morgan fingerprint density at radius 2 is 1.80 bits per heavy atom. The third-order valence-electron chi connectivity index (χ3n) is 2.39. The molecule has 0 saturated heterocycles. The minimum atomic E-state index is -0.395. The number of hydrogen-bond donors (Lipinski definition) is 2. The maximum atomic E-state index is 11.8. The minimum absolute atomic E-state index is 0.0996. The van der Waals surface area contributed by atoms with Crippen LogP contribution in [0.15, 0.2) is 18.2 Å². The Labute approximate surface area is 128 Å². The lowest BCUT2D eigenvalue weighted by Gasteiger charge is -2.08. The predicted octanol–water partition coefficient (Wildman–Crippen LogP) is 3.05. The van der Waals surface area contributed by atoms with Gasteiger partial charge in [0.2, 0.25) is 5.91 Å². The lowest BCUT2D eigenvalue weighted by atomic mass is 10.1. The fourth-order valence-electron chi connectivity index (χ4n) is 1.41. The van der Waals surface area contributed by atoms with Crippen LogP contribution in [0.5, 0.6) is 0 Å². The van der Waals surface area contributed by atoms with Crippen LogP contribution in [0.3, 0.4) is 0 Å². The van der Waals surface area contributed by atoms with E-state index in [0.29, 0.717) is 21.5 Å². The van der Waals surface area contributed by atoms with Crippen LogP contribution in [0.4, 0.5) is 0 Å². The molecule has 0 bridgehead atoms. The summed E-state index contributed by atoms with van der Waals surface area (Å²) in [6.45, 7) is 5.69. The number of benzene rings is 1. The molecule has 20 heavy (non-hydrogen) atoms. The summed E-state index contributed by atoms with van der Waals surface area (Å²) in [5.41, 5.74) is 0.321. The Balaban J connectivity index is 2.41. The molecule has 1 aromatic carbocycles. The van der Waals surface area contributed by atoms with Gasteiger partial charge in [-0.2, -0.15) is 0 Å². The van der Waals surface area contributed by atoms with Crippen molar-refractivity contribution in [1.82, 2.24) is 10.6 Å².